The first kappa shape index (κ1) is 7.44. The summed E-state index contributed by atoms with van der Waals surface area (Å²) in [6.45, 7) is 0.437. The van der Waals surface area contributed by atoms with Crippen LogP contribution in [-0.2, 0) is 11.5 Å². The summed E-state index contributed by atoms with van der Waals surface area (Å²) in [5, 5.41) is 0.622. The van der Waals surface area contributed by atoms with Gasteiger partial charge in [0.1, 0.15) is 6.20 Å². The van der Waals surface area contributed by atoms with Crippen molar-refractivity contribution in [2.24, 2.45) is 0 Å². The second kappa shape index (κ2) is 3.49. The molecular formula is C6H8ClN2O+. The Labute approximate surface area is 64.2 Å². The summed E-state index contributed by atoms with van der Waals surface area (Å²) in [5.74, 6) is 0. The predicted octanol–water partition coefficient (Wildman–Crippen LogP) is 0.626. The Bertz CT molecular complexity index is 217. The summed E-state index contributed by atoms with van der Waals surface area (Å²) >= 11 is 5.75. The molecule has 0 fully saturated rings. The third-order valence-electron chi connectivity index (χ3n) is 1.05. The topological polar surface area (TPSA) is 26.0 Å². The zero-order valence-corrected chi connectivity index (χ0v) is 6.38. The molecule has 0 saturated carbocycles. The lowest BCUT2D eigenvalue weighted by Crippen LogP contribution is -2.35. The molecule has 1 heterocycles. The fraction of sp³-hybridized carbons (Fsp3) is 0.333. The molecular weight excluding hydrogens is 152 g/mol. The van der Waals surface area contributed by atoms with Crippen LogP contribution in [0.3, 0.4) is 0 Å². The Morgan fingerprint density at radius 3 is 3.20 bits per heavy atom. The average molecular weight is 160 g/mol. The molecule has 0 atom stereocenters. The van der Waals surface area contributed by atoms with Gasteiger partial charge in [0.25, 0.3) is 6.33 Å². The van der Waals surface area contributed by atoms with Gasteiger partial charge in [-0.3, -0.25) is 0 Å². The number of halogens is 1. The molecule has 1 aromatic heterocycles. The fourth-order valence-corrected chi connectivity index (χ4v) is 0.757. The molecule has 4 heteroatoms. The van der Waals surface area contributed by atoms with Gasteiger partial charge in [-0.15, -0.1) is 0 Å². The minimum atomic E-state index is 0.437. The van der Waals surface area contributed by atoms with Gasteiger partial charge < -0.3 is 4.74 Å². The quantitative estimate of drug-likeness (QED) is 0.467. The van der Waals surface area contributed by atoms with Crippen LogP contribution in [0.4, 0.5) is 0 Å². The van der Waals surface area contributed by atoms with Crippen molar-refractivity contribution < 1.29 is 9.30 Å². The van der Waals surface area contributed by atoms with Crippen molar-refractivity contribution in [1.29, 1.82) is 0 Å². The maximum atomic E-state index is 5.75. The van der Waals surface area contributed by atoms with Crippen LogP contribution in [0.25, 0.3) is 0 Å². The van der Waals surface area contributed by atoms with Crippen molar-refractivity contribution in [3.8, 4) is 0 Å². The lowest BCUT2D eigenvalue weighted by molar-refractivity contribution is -0.731. The highest BCUT2D eigenvalue weighted by Crippen LogP contribution is 1.95. The molecule has 0 aliphatic heterocycles. The van der Waals surface area contributed by atoms with E-state index in [0.29, 0.717) is 11.9 Å². The Morgan fingerprint density at radius 2 is 2.60 bits per heavy atom. The molecule has 54 valence electrons. The van der Waals surface area contributed by atoms with E-state index in [0.717, 1.165) is 0 Å². The molecule has 3 nitrogen and oxygen atoms in total. The van der Waals surface area contributed by atoms with E-state index in [4.69, 9.17) is 16.3 Å². The van der Waals surface area contributed by atoms with Gasteiger partial charge in [0.2, 0.25) is 5.15 Å². The van der Waals surface area contributed by atoms with E-state index >= 15 is 0 Å². The van der Waals surface area contributed by atoms with Gasteiger partial charge in [0.05, 0.1) is 0 Å². The van der Waals surface area contributed by atoms with Crippen molar-refractivity contribution in [2.45, 2.75) is 6.73 Å². The van der Waals surface area contributed by atoms with E-state index in [9.17, 15) is 0 Å². The van der Waals surface area contributed by atoms with E-state index < -0.39 is 0 Å². The Morgan fingerprint density at radius 1 is 1.80 bits per heavy atom. The minimum absolute atomic E-state index is 0.437. The lowest BCUT2D eigenvalue weighted by Gasteiger charge is -1.96. The molecule has 0 amide bonds. The van der Waals surface area contributed by atoms with Gasteiger partial charge in [-0.1, -0.05) is 4.98 Å². The molecule has 0 spiro atoms. The Kier molecular flexibility index (Phi) is 2.59. The summed E-state index contributed by atoms with van der Waals surface area (Å²) in [4.78, 5) is 3.86. The first-order chi connectivity index (χ1) is 4.84. The van der Waals surface area contributed by atoms with Crippen molar-refractivity contribution >= 4 is 11.6 Å². The second-order valence-corrected chi connectivity index (χ2v) is 2.18. The van der Waals surface area contributed by atoms with Crippen molar-refractivity contribution in [3.63, 3.8) is 0 Å². The van der Waals surface area contributed by atoms with Gasteiger partial charge in [-0.2, -0.15) is 4.57 Å². The molecule has 0 bridgehead atoms. The summed E-state index contributed by atoms with van der Waals surface area (Å²) in [6.07, 6.45) is 3.25. The first-order valence-electron chi connectivity index (χ1n) is 2.82. The van der Waals surface area contributed by atoms with Gasteiger partial charge in [-0.05, 0) is 11.6 Å². The highest BCUT2D eigenvalue weighted by molar-refractivity contribution is 6.28. The van der Waals surface area contributed by atoms with E-state index in [1.54, 1.807) is 30.3 Å². The molecule has 0 radical (unpaired) electrons. The van der Waals surface area contributed by atoms with Crippen LogP contribution in [0.2, 0.25) is 5.15 Å². The molecule has 1 rings (SSSR count). The maximum Gasteiger partial charge on any atom is 0.289 e. The van der Waals surface area contributed by atoms with Crippen LogP contribution in [0, 0.1) is 0 Å². The summed E-state index contributed by atoms with van der Waals surface area (Å²) in [5.41, 5.74) is 0. The number of aromatic nitrogens is 2. The van der Waals surface area contributed by atoms with Crippen LogP contribution in [0.5, 0.6) is 0 Å². The number of nitrogens with zero attached hydrogens (tertiary/aromatic N) is 2. The third kappa shape index (κ3) is 1.65. The van der Waals surface area contributed by atoms with Crippen LogP contribution in [0.1, 0.15) is 0 Å². The predicted molar refractivity (Wildman–Crippen MR) is 36.5 cm³/mol. The molecule has 0 saturated heterocycles. The SMILES string of the molecule is COC[n+]1cnccc1Cl. The number of hydrogen-bond donors (Lipinski definition) is 0. The Balaban J connectivity index is 2.81. The van der Waals surface area contributed by atoms with Gasteiger partial charge >= 0.3 is 0 Å². The van der Waals surface area contributed by atoms with Crippen molar-refractivity contribution in [1.82, 2.24) is 4.98 Å². The lowest BCUT2D eigenvalue weighted by atomic mass is 10.7. The second-order valence-electron chi connectivity index (χ2n) is 1.79. The van der Waals surface area contributed by atoms with Crippen molar-refractivity contribution in [2.75, 3.05) is 7.11 Å². The first-order valence-corrected chi connectivity index (χ1v) is 3.20. The molecule has 0 aliphatic carbocycles. The Hall–Kier alpha value is -0.670. The van der Waals surface area contributed by atoms with E-state index in [2.05, 4.69) is 4.98 Å². The molecule has 0 aromatic carbocycles. The summed E-state index contributed by atoms with van der Waals surface area (Å²) < 4.78 is 6.54. The average Bonchev–Trinajstić information content (AvgIpc) is 1.94. The fourth-order valence-electron chi connectivity index (χ4n) is 0.608. The minimum Gasteiger partial charge on any atom is -0.345 e. The zero-order valence-electron chi connectivity index (χ0n) is 5.62. The molecule has 0 N–H and O–H groups in total. The monoisotopic (exact) mass is 159 g/mol. The zero-order chi connectivity index (χ0) is 7.40. The molecule has 1 aromatic rings. The van der Waals surface area contributed by atoms with Crippen LogP contribution in [0.15, 0.2) is 18.6 Å². The normalized spacial score (nSPS) is 9.80. The molecule has 0 unspecified atom stereocenters. The highest BCUT2D eigenvalue weighted by atomic mass is 35.5. The van der Waals surface area contributed by atoms with E-state index in [1.807, 2.05) is 0 Å². The van der Waals surface area contributed by atoms with Gasteiger partial charge in [0.15, 0.2) is 6.73 Å². The van der Waals surface area contributed by atoms with Gasteiger partial charge in [-0.25, -0.2) is 0 Å². The van der Waals surface area contributed by atoms with E-state index in [-0.39, 0.29) is 0 Å². The van der Waals surface area contributed by atoms with E-state index in [1.165, 1.54) is 0 Å². The van der Waals surface area contributed by atoms with Crippen molar-refractivity contribution in [3.05, 3.63) is 23.7 Å². The maximum absolute atomic E-state index is 5.75. The summed E-state index contributed by atoms with van der Waals surface area (Å²) in [7, 11) is 1.61. The highest BCUT2D eigenvalue weighted by Gasteiger charge is 2.00. The third-order valence-corrected chi connectivity index (χ3v) is 1.39. The molecule has 10 heavy (non-hydrogen) atoms. The van der Waals surface area contributed by atoms with Crippen LogP contribution in [-0.4, -0.2) is 12.1 Å². The molecule has 0 aliphatic rings. The van der Waals surface area contributed by atoms with Crippen LogP contribution >= 0.6 is 11.6 Å². The van der Waals surface area contributed by atoms with Gasteiger partial charge in [0, 0.05) is 13.2 Å². The number of methoxy groups -OCH3 is 1. The number of rotatable bonds is 2. The van der Waals surface area contributed by atoms with Crippen LogP contribution < -0.4 is 4.57 Å². The standard InChI is InChI=1S/C6H8ClN2O/c1-10-5-9-4-8-3-2-6(9)7/h2-4H,5H2,1H3/q+1. The number of hydrogen-bond acceptors (Lipinski definition) is 2. The summed E-state index contributed by atoms with van der Waals surface area (Å²) in [6, 6.07) is 1.71. The largest absolute Gasteiger partial charge is 0.345 e. The number of ether oxygens (including phenoxy) is 1. The smallest absolute Gasteiger partial charge is 0.289 e.